The van der Waals surface area contributed by atoms with E-state index in [1.807, 2.05) is 28.9 Å². The summed E-state index contributed by atoms with van der Waals surface area (Å²) in [5.41, 5.74) is 7.77. The van der Waals surface area contributed by atoms with Crippen LogP contribution in [0, 0.1) is 6.92 Å². The second kappa shape index (κ2) is 8.92. The van der Waals surface area contributed by atoms with Gasteiger partial charge in [-0.1, -0.05) is 73.6 Å². The van der Waals surface area contributed by atoms with Gasteiger partial charge in [-0.3, -0.25) is 4.79 Å². The standard InChI is InChI=1S/C23H27N5OS/c1-4-8-19-25-26-23-28(19)27-20(17-13-11-15(3)12-14-17)21(30-23)22(29)24-18-10-7-6-9-16(18)5-2/h6-7,9-14,20-21,27H,4-5,8H2,1-3H3,(H,24,29)/t20-,21+/m0/s1. The van der Waals surface area contributed by atoms with Crippen LogP contribution in [0.3, 0.4) is 0 Å². The van der Waals surface area contributed by atoms with Crippen molar-refractivity contribution in [1.29, 1.82) is 0 Å². The Morgan fingerprint density at radius 1 is 1.13 bits per heavy atom. The van der Waals surface area contributed by atoms with E-state index in [4.69, 9.17) is 0 Å². The first-order valence-electron chi connectivity index (χ1n) is 10.4. The van der Waals surface area contributed by atoms with E-state index in [-0.39, 0.29) is 17.2 Å². The Labute approximate surface area is 181 Å². The molecule has 156 valence electrons. The number of carbonyl (C=O) groups excluding carboxylic acids is 1. The highest BCUT2D eigenvalue weighted by atomic mass is 32.2. The summed E-state index contributed by atoms with van der Waals surface area (Å²) < 4.78 is 1.95. The Kier molecular flexibility index (Phi) is 6.08. The molecule has 4 rings (SSSR count). The number of anilines is 1. The number of hydrogen-bond donors (Lipinski definition) is 2. The molecule has 1 aromatic heterocycles. The van der Waals surface area contributed by atoms with Crippen molar-refractivity contribution in [2.45, 2.75) is 56.5 Å². The monoisotopic (exact) mass is 421 g/mol. The van der Waals surface area contributed by atoms with Gasteiger partial charge in [-0.2, -0.15) is 0 Å². The van der Waals surface area contributed by atoms with Crippen molar-refractivity contribution < 1.29 is 4.79 Å². The minimum Gasteiger partial charge on any atom is -0.325 e. The Hall–Kier alpha value is -2.80. The number of benzene rings is 2. The quantitative estimate of drug-likeness (QED) is 0.613. The zero-order chi connectivity index (χ0) is 21.1. The lowest BCUT2D eigenvalue weighted by Gasteiger charge is -2.33. The molecule has 2 N–H and O–H groups in total. The van der Waals surface area contributed by atoms with Crippen LogP contribution in [0.4, 0.5) is 5.69 Å². The van der Waals surface area contributed by atoms with Crippen LogP contribution < -0.4 is 10.7 Å². The fourth-order valence-electron chi connectivity index (χ4n) is 3.66. The highest BCUT2D eigenvalue weighted by Crippen LogP contribution is 2.38. The zero-order valence-corrected chi connectivity index (χ0v) is 18.4. The molecule has 2 heterocycles. The van der Waals surface area contributed by atoms with Crippen molar-refractivity contribution in [3.05, 3.63) is 71.0 Å². The summed E-state index contributed by atoms with van der Waals surface area (Å²) in [6, 6.07) is 16.1. The van der Waals surface area contributed by atoms with Crippen LogP contribution in [0.2, 0.25) is 0 Å². The number of para-hydroxylation sites is 1. The molecular weight excluding hydrogens is 394 g/mol. The molecule has 0 unspecified atom stereocenters. The van der Waals surface area contributed by atoms with Gasteiger partial charge in [-0.15, -0.1) is 10.2 Å². The molecule has 30 heavy (non-hydrogen) atoms. The van der Waals surface area contributed by atoms with Crippen molar-refractivity contribution in [1.82, 2.24) is 14.9 Å². The van der Waals surface area contributed by atoms with E-state index in [9.17, 15) is 4.79 Å². The second-order valence-electron chi connectivity index (χ2n) is 7.54. The first-order chi connectivity index (χ1) is 14.6. The smallest absolute Gasteiger partial charge is 0.240 e. The van der Waals surface area contributed by atoms with Gasteiger partial charge in [0.25, 0.3) is 0 Å². The molecule has 2 atom stereocenters. The molecule has 1 aliphatic heterocycles. The number of aryl methyl sites for hydroxylation is 3. The lowest BCUT2D eigenvalue weighted by molar-refractivity contribution is -0.116. The highest BCUT2D eigenvalue weighted by Gasteiger charge is 2.37. The summed E-state index contributed by atoms with van der Waals surface area (Å²) in [6.07, 6.45) is 2.68. The zero-order valence-electron chi connectivity index (χ0n) is 17.6. The van der Waals surface area contributed by atoms with Crippen molar-refractivity contribution in [3.8, 4) is 0 Å². The number of hydrogen-bond acceptors (Lipinski definition) is 5. The molecule has 0 bridgehead atoms. The summed E-state index contributed by atoms with van der Waals surface area (Å²) in [5.74, 6) is 0.859. The van der Waals surface area contributed by atoms with Crippen LogP contribution in [-0.2, 0) is 17.6 Å². The highest BCUT2D eigenvalue weighted by molar-refractivity contribution is 8.00. The average molecular weight is 422 g/mol. The summed E-state index contributed by atoms with van der Waals surface area (Å²) in [5, 5.41) is 12.2. The Morgan fingerprint density at radius 3 is 2.63 bits per heavy atom. The lowest BCUT2D eigenvalue weighted by atomic mass is 10.0. The normalized spacial score (nSPS) is 17.8. The number of rotatable bonds is 6. The number of aromatic nitrogens is 3. The van der Waals surface area contributed by atoms with E-state index in [0.29, 0.717) is 0 Å². The molecule has 2 aromatic carbocycles. The predicted octanol–water partition coefficient (Wildman–Crippen LogP) is 4.50. The van der Waals surface area contributed by atoms with Gasteiger partial charge in [0.05, 0.1) is 6.04 Å². The summed E-state index contributed by atoms with van der Waals surface area (Å²) >= 11 is 1.47. The van der Waals surface area contributed by atoms with Crippen molar-refractivity contribution in [2.75, 3.05) is 10.7 Å². The second-order valence-corrected chi connectivity index (χ2v) is 8.65. The molecule has 1 aliphatic rings. The molecule has 0 radical (unpaired) electrons. The molecule has 0 spiro atoms. The van der Waals surface area contributed by atoms with Crippen molar-refractivity contribution >= 4 is 23.4 Å². The molecular formula is C23H27N5OS. The molecule has 3 aromatic rings. The van der Waals surface area contributed by atoms with Crippen LogP contribution in [0.1, 0.15) is 48.8 Å². The SMILES string of the molecule is CCCc1nnc2n1N[C@@H](c1ccc(C)cc1)[C@H](C(=O)Nc1ccccc1CC)S2. The first-order valence-corrected chi connectivity index (χ1v) is 11.3. The van der Waals surface area contributed by atoms with E-state index in [1.165, 1.54) is 17.3 Å². The van der Waals surface area contributed by atoms with E-state index in [1.54, 1.807) is 0 Å². The van der Waals surface area contributed by atoms with Gasteiger partial charge < -0.3 is 10.7 Å². The number of amides is 1. The largest absolute Gasteiger partial charge is 0.325 e. The Bertz CT molecular complexity index is 1030. The Balaban J connectivity index is 1.67. The third kappa shape index (κ3) is 4.07. The summed E-state index contributed by atoms with van der Waals surface area (Å²) in [4.78, 5) is 13.4. The minimum absolute atomic E-state index is 0.0368. The number of carbonyl (C=O) groups is 1. The van der Waals surface area contributed by atoms with Gasteiger partial charge >= 0.3 is 0 Å². The fourth-order valence-corrected chi connectivity index (χ4v) is 4.76. The summed E-state index contributed by atoms with van der Waals surface area (Å²) in [7, 11) is 0. The number of nitrogens with one attached hydrogen (secondary N) is 2. The number of thioether (sulfide) groups is 1. The van der Waals surface area contributed by atoms with Gasteiger partial charge in [0.1, 0.15) is 5.25 Å². The molecule has 6 nitrogen and oxygen atoms in total. The van der Waals surface area contributed by atoms with Crippen LogP contribution in [0.25, 0.3) is 0 Å². The average Bonchev–Trinajstić information content (AvgIpc) is 3.16. The number of fused-ring (bicyclic) bond motifs is 1. The number of nitrogens with zero attached hydrogens (tertiary/aromatic N) is 3. The van der Waals surface area contributed by atoms with E-state index < -0.39 is 0 Å². The maximum absolute atomic E-state index is 13.4. The lowest BCUT2D eigenvalue weighted by Crippen LogP contribution is -2.41. The maximum Gasteiger partial charge on any atom is 0.240 e. The summed E-state index contributed by atoms with van der Waals surface area (Å²) in [6.45, 7) is 6.28. The minimum atomic E-state index is -0.371. The van der Waals surface area contributed by atoms with E-state index in [0.717, 1.165) is 47.1 Å². The van der Waals surface area contributed by atoms with Gasteiger partial charge in [0, 0.05) is 12.1 Å². The van der Waals surface area contributed by atoms with Crippen molar-refractivity contribution in [2.24, 2.45) is 0 Å². The molecule has 0 saturated carbocycles. The molecule has 1 amide bonds. The van der Waals surface area contributed by atoms with Gasteiger partial charge in [0.15, 0.2) is 5.82 Å². The van der Waals surface area contributed by atoms with Gasteiger partial charge in [0.2, 0.25) is 11.1 Å². The van der Waals surface area contributed by atoms with Crippen LogP contribution >= 0.6 is 11.8 Å². The first kappa shape index (κ1) is 20.5. The van der Waals surface area contributed by atoms with Crippen LogP contribution in [0.5, 0.6) is 0 Å². The third-order valence-corrected chi connectivity index (χ3v) is 6.54. The van der Waals surface area contributed by atoms with Crippen molar-refractivity contribution in [3.63, 3.8) is 0 Å². The van der Waals surface area contributed by atoms with Gasteiger partial charge in [-0.25, -0.2) is 4.68 Å². The molecule has 0 aliphatic carbocycles. The fraction of sp³-hybridized carbons (Fsp3) is 0.348. The molecule has 0 fully saturated rings. The predicted molar refractivity (Wildman–Crippen MR) is 121 cm³/mol. The third-order valence-electron chi connectivity index (χ3n) is 5.33. The topological polar surface area (TPSA) is 71.8 Å². The van der Waals surface area contributed by atoms with Crippen LogP contribution in [0.15, 0.2) is 53.7 Å². The molecule has 7 heteroatoms. The van der Waals surface area contributed by atoms with Gasteiger partial charge in [-0.05, 0) is 37.0 Å². The van der Waals surface area contributed by atoms with E-state index >= 15 is 0 Å². The van der Waals surface area contributed by atoms with Crippen LogP contribution in [-0.4, -0.2) is 26.0 Å². The molecule has 0 saturated heterocycles. The Morgan fingerprint density at radius 2 is 1.90 bits per heavy atom. The van der Waals surface area contributed by atoms with E-state index in [2.05, 4.69) is 66.0 Å². The maximum atomic E-state index is 13.4.